The lowest BCUT2D eigenvalue weighted by molar-refractivity contribution is -0.114. The lowest BCUT2D eigenvalue weighted by Gasteiger charge is -2.15. The second kappa shape index (κ2) is 7.21. The van der Waals surface area contributed by atoms with Crippen LogP contribution < -0.4 is 10.9 Å². The molecular formula is C20H21N3O2. The number of hydrogen-bond acceptors (Lipinski definition) is 2. The van der Waals surface area contributed by atoms with Crippen molar-refractivity contribution < 1.29 is 4.79 Å². The molecule has 0 fully saturated rings. The fourth-order valence-corrected chi connectivity index (χ4v) is 2.95. The molecule has 0 saturated carbocycles. The summed E-state index contributed by atoms with van der Waals surface area (Å²) in [6, 6.07) is 19.4. The van der Waals surface area contributed by atoms with Gasteiger partial charge < -0.3 is 5.32 Å². The Morgan fingerprint density at radius 1 is 1.00 bits per heavy atom. The maximum atomic E-state index is 13.0. The number of hydrogen-bond donors (Lipinski definition) is 1. The minimum Gasteiger partial charge on any atom is -0.320 e. The van der Waals surface area contributed by atoms with Crippen molar-refractivity contribution in [1.82, 2.24) is 9.36 Å². The van der Waals surface area contributed by atoms with Crippen LogP contribution in [0.15, 0.2) is 65.5 Å². The first-order valence-electron chi connectivity index (χ1n) is 8.37. The number of amides is 1. The van der Waals surface area contributed by atoms with Crippen molar-refractivity contribution in [2.45, 2.75) is 26.8 Å². The van der Waals surface area contributed by atoms with Crippen molar-refractivity contribution in [3.05, 3.63) is 71.0 Å². The molecule has 0 spiro atoms. The quantitative estimate of drug-likeness (QED) is 0.773. The lowest BCUT2D eigenvalue weighted by Crippen LogP contribution is -2.24. The highest BCUT2D eigenvalue weighted by Gasteiger charge is 2.22. The number of nitrogens with one attached hydrogen (secondary N) is 1. The first-order chi connectivity index (χ1) is 12.1. The van der Waals surface area contributed by atoms with E-state index in [-0.39, 0.29) is 11.5 Å². The summed E-state index contributed by atoms with van der Waals surface area (Å²) in [5.74, 6) is -0.261. The van der Waals surface area contributed by atoms with E-state index in [1.54, 1.807) is 4.68 Å². The van der Waals surface area contributed by atoms with Crippen molar-refractivity contribution in [3.63, 3.8) is 0 Å². The highest BCUT2D eigenvalue weighted by molar-refractivity contribution is 5.93. The third-order valence-electron chi connectivity index (χ3n) is 3.92. The molecule has 0 aliphatic heterocycles. The molecule has 1 heterocycles. The SMILES string of the molecule is CCCn1c(=O)c(NC(C)=O)c(-c2ccccc2)n1-c1ccccc1. The molecule has 2 aromatic carbocycles. The second-order valence-corrected chi connectivity index (χ2v) is 5.85. The summed E-state index contributed by atoms with van der Waals surface area (Å²) in [6.07, 6.45) is 0.810. The zero-order valence-electron chi connectivity index (χ0n) is 14.4. The molecule has 0 atom stereocenters. The van der Waals surface area contributed by atoms with Gasteiger partial charge in [0.1, 0.15) is 5.69 Å². The summed E-state index contributed by atoms with van der Waals surface area (Å²) in [5.41, 5.74) is 2.57. The molecule has 0 unspecified atom stereocenters. The van der Waals surface area contributed by atoms with Gasteiger partial charge in [0.15, 0.2) is 0 Å². The molecule has 25 heavy (non-hydrogen) atoms. The number of rotatable bonds is 5. The predicted octanol–water partition coefficient (Wildman–Crippen LogP) is 3.67. The number of carbonyl (C=O) groups excluding carboxylic acids is 1. The molecule has 1 N–H and O–H groups in total. The van der Waals surface area contributed by atoms with Crippen molar-refractivity contribution >= 4 is 11.6 Å². The minimum absolute atomic E-state index is 0.195. The number of anilines is 1. The van der Waals surface area contributed by atoms with Gasteiger partial charge in [-0.15, -0.1) is 0 Å². The van der Waals surface area contributed by atoms with Crippen LogP contribution in [-0.4, -0.2) is 15.3 Å². The standard InChI is InChI=1S/C20H21N3O2/c1-3-14-22-20(25)18(21-15(2)24)19(16-10-6-4-7-11-16)23(22)17-12-8-5-9-13-17/h4-13H,3,14H2,1-2H3,(H,21,24). The van der Waals surface area contributed by atoms with E-state index in [1.807, 2.05) is 72.3 Å². The van der Waals surface area contributed by atoms with E-state index in [0.717, 1.165) is 17.7 Å². The van der Waals surface area contributed by atoms with Gasteiger partial charge in [0.05, 0.1) is 11.4 Å². The average Bonchev–Trinajstić information content (AvgIpc) is 2.89. The Balaban J connectivity index is 2.37. The Labute approximate surface area is 146 Å². The van der Waals surface area contributed by atoms with Gasteiger partial charge in [0.2, 0.25) is 5.91 Å². The fraction of sp³-hybridized carbons (Fsp3) is 0.200. The van der Waals surface area contributed by atoms with Gasteiger partial charge in [-0.3, -0.25) is 9.59 Å². The van der Waals surface area contributed by atoms with Crippen LogP contribution >= 0.6 is 0 Å². The molecule has 0 bridgehead atoms. The highest BCUT2D eigenvalue weighted by Crippen LogP contribution is 2.29. The molecular weight excluding hydrogens is 314 g/mol. The van der Waals surface area contributed by atoms with Crippen LogP contribution in [0.25, 0.3) is 16.9 Å². The van der Waals surface area contributed by atoms with Crippen LogP contribution in [0.1, 0.15) is 20.3 Å². The van der Waals surface area contributed by atoms with E-state index in [2.05, 4.69) is 5.32 Å². The van der Waals surface area contributed by atoms with Crippen LogP contribution in [0.4, 0.5) is 5.69 Å². The van der Waals surface area contributed by atoms with E-state index in [1.165, 1.54) is 6.92 Å². The van der Waals surface area contributed by atoms with E-state index in [4.69, 9.17) is 0 Å². The van der Waals surface area contributed by atoms with Gasteiger partial charge in [-0.2, -0.15) is 0 Å². The molecule has 1 amide bonds. The Morgan fingerprint density at radius 2 is 1.60 bits per heavy atom. The Bertz CT molecular complexity index is 925. The smallest absolute Gasteiger partial charge is 0.291 e. The van der Waals surface area contributed by atoms with Crippen molar-refractivity contribution in [2.75, 3.05) is 5.32 Å². The van der Waals surface area contributed by atoms with Crippen molar-refractivity contribution in [2.24, 2.45) is 0 Å². The summed E-state index contributed by atoms with van der Waals surface area (Å²) in [6.45, 7) is 4.00. The van der Waals surface area contributed by atoms with Gasteiger partial charge in [-0.25, -0.2) is 9.36 Å². The van der Waals surface area contributed by atoms with Crippen molar-refractivity contribution in [1.29, 1.82) is 0 Å². The summed E-state index contributed by atoms with van der Waals surface area (Å²) in [7, 11) is 0. The van der Waals surface area contributed by atoms with E-state index in [0.29, 0.717) is 17.9 Å². The topological polar surface area (TPSA) is 56.0 Å². The van der Waals surface area contributed by atoms with Crippen LogP contribution in [0.3, 0.4) is 0 Å². The number of para-hydroxylation sites is 1. The first-order valence-corrected chi connectivity index (χ1v) is 8.37. The average molecular weight is 335 g/mol. The van der Waals surface area contributed by atoms with Crippen molar-refractivity contribution in [3.8, 4) is 16.9 Å². The van der Waals surface area contributed by atoms with Gasteiger partial charge in [0, 0.05) is 19.0 Å². The molecule has 3 rings (SSSR count). The summed E-state index contributed by atoms with van der Waals surface area (Å²) < 4.78 is 3.58. The van der Waals surface area contributed by atoms with Gasteiger partial charge in [-0.05, 0) is 18.6 Å². The third-order valence-corrected chi connectivity index (χ3v) is 3.92. The number of nitrogens with zero attached hydrogens (tertiary/aromatic N) is 2. The normalized spacial score (nSPS) is 10.6. The highest BCUT2D eigenvalue weighted by atomic mass is 16.2. The molecule has 0 aliphatic carbocycles. The summed E-state index contributed by atoms with van der Waals surface area (Å²) in [5, 5.41) is 2.74. The Morgan fingerprint density at radius 3 is 2.16 bits per heavy atom. The predicted molar refractivity (Wildman–Crippen MR) is 100 cm³/mol. The Kier molecular flexibility index (Phi) is 4.84. The largest absolute Gasteiger partial charge is 0.320 e. The summed E-state index contributed by atoms with van der Waals surface area (Å²) in [4.78, 5) is 24.7. The van der Waals surface area contributed by atoms with Crippen LogP contribution in [0.2, 0.25) is 0 Å². The zero-order chi connectivity index (χ0) is 17.8. The van der Waals surface area contributed by atoms with E-state index < -0.39 is 0 Å². The van der Waals surface area contributed by atoms with Gasteiger partial charge >= 0.3 is 0 Å². The van der Waals surface area contributed by atoms with Gasteiger partial charge in [-0.1, -0.05) is 55.5 Å². The Hall–Kier alpha value is -3.08. The second-order valence-electron chi connectivity index (χ2n) is 5.85. The third kappa shape index (κ3) is 3.26. The van der Waals surface area contributed by atoms with E-state index in [9.17, 15) is 9.59 Å². The fourth-order valence-electron chi connectivity index (χ4n) is 2.95. The maximum absolute atomic E-state index is 13.0. The summed E-state index contributed by atoms with van der Waals surface area (Å²) >= 11 is 0. The number of carbonyl (C=O) groups is 1. The van der Waals surface area contributed by atoms with Gasteiger partial charge in [0.25, 0.3) is 5.56 Å². The van der Waals surface area contributed by atoms with Crippen LogP contribution in [0, 0.1) is 0 Å². The first kappa shape index (κ1) is 16.8. The van der Waals surface area contributed by atoms with Crippen LogP contribution in [0.5, 0.6) is 0 Å². The molecule has 3 aromatic rings. The number of benzene rings is 2. The molecule has 5 nitrogen and oxygen atoms in total. The minimum atomic E-state index is -0.261. The number of aromatic nitrogens is 2. The molecule has 0 radical (unpaired) electrons. The lowest BCUT2D eigenvalue weighted by atomic mass is 10.1. The molecule has 128 valence electrons. The van der Waals surface area contributed by atoms with Crippen LogP contribution in [-0.2, 0) is 11.3 Å². The molecule has 5 heteroatoms. The molecule has 0 aliphatic rings. The van der Waals surface area contributed by atoms with E-state index >= 15 is 0 Å². The maximum Gasteiger partial charge on any atom is 0.291 e. The molecule has 0 saturated heterocycles. The zero-order valence-corrected chi connectivity index (χ0v) is 14.4. The molecule has 1 aromatic heterocycles. The monoisotopic (exact) mass is 335 g/mol.